The van der Waals surface area contributed by atoms with Crippen molar-refractivity contribution in [2.75, 3.05) is 26.9 Å². The van der Waals surface area contributed by atoms with E-state index in [2.05, 4.69) is 18.0 Å². The number of hydrogen-bond acceptors (Lipinski definition) is 3. The average Bonchev–Trinajstić information content (AvgIpc) is 2.39. The molecule has 0 fully saturated rings. The molecule has 0 radical (unpaired) electrons. The largest absolute Gasteiger partial charge is 0.491 e. The van der Waals surface area contributed by atoms with E-state index in [4.69, 9.17) is 9.47 Å². The lowest BCUT2D eigenvalue weighted by Gasteiger charge is -2.08. The molecule has 0 spiro atoms. The fraction of sp³-hybridized carbons (Fsp3) is 0.467. The van der Waals surface area contributed by atoms with Crippen LogP contribution in [0, 0.1) is 0 Å². The van der Waals surface area contributed by atoms with E-state index < -0.39 is 0 Å². The van der Waals surface area contributed by atoms with Gasteiger partial charge in [-0.15, -0.1) is 6.58 Å². The summed E-state index contributed by atoms with van der Waals surface area (Å²) in [6, 6.07) is 8.10. The molecule has 0 saturated carbocycles. The second-order valence-corrected chi connectivity index (χ2v) is 4.07. The minimum absolute atomic E-state index is 0.594. The van der Waals surface area contributed by atoms with E-state index in [0.29, 0.717) is 13.2 Å². The smallest absolute Gasteiger partial charge is 0.119 e. The highest BCUT2D eigenvalue weighted by Gasteiger charge is 1.96. The number of allylic oxidation sites excluding steroid dienone is 1. The fourth-order valence-electron chi connectivity index (χ4n) is 1.60. The molecular formula is C15H23NO2. The number of benzene rings is 1. The predicted octanol–water partition coefficient (Wildman–Crippen LogP) is 2.77. The van der Waals surface area contributed by atoms with E-state index in [1.807, 2.05) is 31.3 Å². The number of hydrogen-bond donors (Lipinski definition) is 1. The molecule has 18 heavy (non-hydrogen) atoms. The van der Waals surface area contributed by atoms with Gasteiger partial charge in [0.15, 0.2) is 0 Å². The van der Waals surface area contributed by atoms with Crippen LogP contribution in [-0.4, -0.2) is 26.9 Å². The lowest BCUT2D eigenvalue weighted by Crippen LogP contribution is -2.08. The van der Waals surface area contributed by atoms with Crippen molar-refractivity contribution < 1.29 is 9.47 Å². The topological polar surface area (TPSA) is 30.5 Å². The van der Waals surface area contributed by atoms with Gasteiger partial charge in [0.1, 0.15) is 12.4 Å². The van der Waals surface area contributed by atoms with Crippen LogP contribution in [0.25, 0.3) is 0 Å². The average molecular weight is 249 g/mol. The van der Waals surface area contributed by atoms with Crippen molar-refractivity contribution in [2.45, 2.75) is 19.4 Å². The van der Waals surface area contributed by atoms with Crippen LogP contribution in [0.4, 0.5) is 0 Å². The molecule has 0 amide bonds. The Balaban J connectivity index is 2.14. The molecule has 0 aromatic heterocycles. The molecule has 3 nitrogen and oxygen atoms in total. The second kappa shape index (κ2) is 9.68. The summed E-state index contributed by atoms with van der Waals surface area (Å²) in [6.07, 6.45) is 3.95. The second-order valence-electron chi connectivity index (χ2n) is 4.07. The monoisotopic (exact) mass is 249 g/mol. The van der Waals surface area contributed by atoms with Gasteiger partial charge in [0, 0.05) is 13.2 Å². The Labute approximate surface area is 110 Å². The van der Waals surface area contributed by atoms with Gasteiger partial charge in [0.2, 0.25) is 0 Å². The summed E-state index contributed by atoms with van der Waals surface area (Å²) in [4.78, 5) is 0. The van der Waals surface area contributed by atoms with Crippen LogP contribution in [0.15, 0.2) is 36.9 Å². The molecule has 0 aliphatic heterocycles. The molecule has 0 unspecified atom stereocenters. The molecule has 0 atom stereocenters. The maximum Gasteiger partial charge on any atom is 0.119 e. The highest BCUT2D eigenvalue weighted by atomic mass is 16.5. The van der Waals surface area contributed by atoms with Crippen LogP contribution >= 0.6 is 0 Å². The zero-order valence-electron chi connectivity index (χ0n) is 11.2. The van der Waals surface area contributed by atoms with Crippen LogP contribution in [0.1, 0.15) is 18.4 Å². The summed E-state index contributed by atoms with van der Waals surface area (Å²) in [5.41, 5.74) is 1.22. The van der Waals surface area contributed by atoms with Crippen molar-refractivity contribution in [3.05, 3.63) is 42.5 Å². The molecule has 100 valence electrons. The molecule has 0 heterocycles. The van der Waals surface area contributed by atoms with Gasteiger partial charge in [0.25, 0.3) is 0 Å². The van der Waals surface area contributed by atoms with Gasteiger partial charge in [0.05, 0.1) is 6.61 Å². The van der Waals surface area contributed by atoms with Crippen molar-refractivity contribution in [1.29, 1.82) is 0 Å². The SMILES string of the molecule is C=CCCCOCCOc1cccc(CNC)c1. The van der Waals surface area contributed by atoms with Crippen molar-refractivity contribution >= 4 is 0 Å². The standard InChI is InChI=1S/C15H23NO2/c1-3-4-5-9-17-10-11-18-15-8-6-7-14(12-15)13-16-2/h3,6-8,12,16H,1,4-5,9-11,13H2,2H3. The normalized spacial score (nSPS) is 10.3. The molecular weight excluding hydrogens is 226 g/mol. The predicted molar refractivity (Wildman–Crippen MR) is 75.0 cm³/mol. The van der Waals surface area contributed by atoms with Crippen LogP contribution in [0.3, 0.4) is 0 Å². The molecule has 1 N–H and O–H groups in total. The van der Waals surface area contributed by atoms with E-state index in [1.54, 1.807) is 0 Å². The van der Waals surface area contributed by atoms with Crippen molar-refractivity contribution in [1.82, 2.24) is 5.32 Å². The van der Waals surface area contributed by atoms with Gasteiger partial charge in [-0.1, -0.05) is 18.2 Å². The Morgan fingerprint density at radius 2 is 2.17 bits per heavy atom. The van der Waals surface area contributed by atoms with Crippen LogP contribution in [0.5, 0.6) is 5.75 Å². The van der Waals surface area contributed by atoms with Gasteiger partial charge in [-0.25, -0.2) is 0 Å². The van der Waals surface area contributed by atoms with Crippen molar-refractivity contribution in [3.63, 3.8) is 0 Å². The Kier molecular flexibility index (Phi) is 7.93. The first-order valence-corrected chi connectivity index (χ1v) is 6.42. The van der Waals surface area contributed by atoms with Crippen LogP contribution in [0.2, 0.25) is 0 Å². The van der Waals surface area contributed by atoms with Crippen LogP contribution in [-0.2, 0) is 11.3 Å². The highest BCUT2D eigenvalue weighted by molar-refractivity contribution is 5.28. The summed E-state index contributed by atoms with van der Waals surface area (Å²) < 4.78 is 11.1. The molecule has 1 aromatic rings. The summed E-state index contributed by atoms with van der Waals surface area (Å²) in [5, 5.41) is 3.12. The van der Waals surface area contributed by atoms with Gasteiger partial charge >= 0.3 is 0 Å². The molecule has 0 saturated heterocycles. The summed E-state index contributed by atoms with van der Waals surface area (Å²) in [6.45, 7) is 6.53. The fourth-order valence-corrected chi connectivity index (χ4v) is 1.60. The molecule has 1 rings (SSSR count). The molecule has 0 aliphatic carbocycles. The quantitative estimate of drug-likeness (QED) is 0.511. The summed E-state index contributed by atoms with van der Waals surface area (Å²) in [7, 11) is 1.94. The lowest BCUT2D eigenvalue weighted by molar-refractivity contribution is 0.0988. The molecule has 0 aliphatic rings. The summed E-state index contributed by atoms with van der Waals surface area (Å²) in [5.74, 6) is 0.900. The van der Waals surface area contributed by atoms with Crippen LogP contribution < -0.4 is 10.1 Å². The Hall–Kier alpha value is -1.32. The Morgan fingerprint density at radius 1 is 1.28 bits per heavy atom. The van der Waals surface area contributed by atoms with Gasteiger partial charge in [-0.05, 0) is 37.6 Å². The first-order chi connectivity index (χ1) is 8.86. The minimum atomic E-state index is 0.594. The van der Waals surface area contributed by atoms with Gasteiger partial charge in [-0.2, -0.15) is 0 Å². The number of unbranched alkanes of at least 4 members (excludes halogenated alkanes) is 1. The maximum atomic E-state index is 5.63. The van der Waals surface area contributed by atoms with E-state index in [9.17, 15) is 0 Å². The summed E-state index contributed by atoms with van der Waals surface area (Å²) >= 11 is 0. The van der Waals surface area contributed by atoms with E-state index in [0.717, 1.165) is 31.7 Å². The lowest BCUT2D eigenvalue weighted by atomic mass is 10.2. The van der Waals surface area contributed by atoms with Gasteiger partial charge < -0.3 is 14.8 Å². The van der Waals surface area contributed by atoms with E-state index >= 15 is 0 Å². The Bertz CT molecular complexity index is 339. The zero-order valence-corrected chi connectivity index (χ0v) is 11.2. The third kappa shape index (κ3) is 6.42. The number of rotatable bonds is 10. The first-order valence-electron chi connectivity index (χ1n) is 6.42. The van der Waals surface area contributed by atoms with E-state index in [1.165, 1.54) is 5.56 Å². The van der Waals surface area contributed by atoms with Crippen molar-refractivity contribution in [2.24, 2.45) is 0 Å². The zero-order chi connectivity index (χ0) is 13.1. The third-order valence-corrected chi connectivity index (χ3v) is 2.47. The van der Waals surface area contributed by atoms with Crippen molar-refractivity contribution in [3.8, 4) is 5.75 Å². The molecule has 1 aromatic carbocycles. The number of nitrogens with one attached hydrogen (secondary N) is 1. The van der Waals surface area contributed by atoms with Gasteiger partial charge in [-0.3, -0.25) is 0 Å². The third-order valence-electron chi connectivity index (χ3n) is 2.47. The highest BCUT2D eigenvalue weighted by Crippen LogP contribution is 2.12. The molecule has 0 bridgehead atoms. The van der Waals surface area contributed by atoms with E-state index in [-0.39, 0.29) is 0 Å². The minimum Gasteiger partial charge on any atom is -0.491 e. The number of ether oxygens (including phenoxy) is 2. The first kappa shape index (κ1) is 14.7. The molecule has 3 heteroatoms. The Morgan fingerprint density at radius 3 is 2.94 bits per heavy atom. The maximum absolute atomic E-state index is 5.63.